The summed E-state index contributed by atoms with van der Waals surface area (Å²) in [5.74, 6) is 0.974. The molecule has 1 N–H and O–H groups in total. The van der Waals surface area contributed by atoms with Crippen molar-refractivity contribution < 1.29 is 5.11 Å². The van der Waals surface area contributed by atoms with Gasteiger partial charge >= 0.3 is 0 Å². The van der Waals surface area contributed by atoms with Gasteiger partial charge in [-0.25, -0.2) is 4.98 Å². The molecular formula is C17H24N2O. The average molecular weight is 272 g/mol. The minimum absolute atomic E-state index is 0.579. The summed E-state index contributed by atoms with van der Waals surface area (Å²) in [6.07, 6.45) is 5.02. The maximum absolute atomic E-state index is 10.5. The summed E-state index contributed by atoms with van der Waals surface area (Å²) in [5, 5.41) is 10.5. The highest BCUT2D eigenvalue weighted by atomic mass is 16.3. The van der Waals surface area contributed by atoms with E-state index in [1.54, 1.807) is 0 Å². The average Bonchev–Trinajstić information content (AvgIpc) is 2.74. The number of fused-ring (bicyclic) bond motifs is 1. The van der Waals surface area contributed by atoms with Gasteiger partial charge in [0.05, 0.1) is 16.6 Å². The summed E-state index contributed by atoms with van der Waals surface area (Å²) in [6, 6.07) is 8.17. The minimum Gasteiger partial charge on any atom is -0.390 e. The molecular weight excluding hydrogens is 248 g/mol. The van der Waals surface area contributed by atoms with E-state index in [0.717, 1.165) is 36.2 Å². The van der Waals surface area contributed by atoms with Crippen molar-refractivity contribution in [3.8, 4) is 0 Å². The van der Waals surface area contributed by atoms with Gasteiger partial charge in [0, 0.05) is 13.0 Å². The van der Waals surface area contributed by atoms with Gasteiger partial charge in [-0.05, 0) is 38.3 Å². The van der Waals surface area contributed by atoms with Crippen LogP contribution >= 0.6 is 0 Å². The van der Waals surface area contributed by atoms with Gasteiger partial charge in [-0.3, -0.25) is 0 Å². The maximum Gasteiger partial charge on any atom is 0.112 e. The summed E-state index contributed by atoms with van der Waals surface area (Å²) in [7, 11) is 0. The Hall–Kier alpha value is -1.61. The summed E-state index contributed by atoms with van der Waals surface area (Å²) in [5.41, 5.74) is 1.43. The van der Waals surface area contributed by atoms with Crippen molar-refractivity contribution in [2.24, 2.45) is 0 Å². The zero-order valence-corrected chi connectivity index (χ0v) is 12.5. The number of nitrogens with zero attached hydrogens (tertiary/aromatic N) is 2. The molecule has 1 atom stereocenters. The van der Waals surface area contributed by atoms with Gasteiger partial charge in [-0.15, -0.1) is 6.58 Å². The molecule has 0 aliphatic heterocycles. The SMILES string of the molecule is C=CCCC(C)(O)Cc1nc2ccccc2n1CCC. The second-order valence-corrected chi connectivity index (χ2v) is 5.67. The number of benzene rings is 1. The highest BCUT2D eigenvalue weighted by molar-refractivity contribution is 5.75. The van der Waals surface area contributed by atoms with Crippen LogP contribution in [0, 0.1) is 0 Å². The number of rotatable bonds is 7. The maximum atomic E-state index is 10.5. The van der Waals surface area contributed by atoms with E-state index < -0.39 is 5.60 Å². The van der Waals surface area contributed by atoms with Crippen LogP contribution in [0.5, 0.6) is 0 Å². The molecule has 1 aromatic heterocycles. The normalized spacial score (nSPS) is 14.3. The van der Waals surface area contributed by atoms with Crippen LogP contribution in [0.25, 0.3) is 11.0 Å². The molecule has 0 radical (unpaired) electrons. The third kappa shape index (κ3) is 3.28. The number of hydrogen-bond acceptors (Lipinski definition) is 2. The molecule has 3 heteroatoms. The number of aryl methyl sites for hydroxylation is 1. The predicted molar refractivity (Wildman–Crippen MR) is 83.8 cm³/mol. The zero-order valence-electron chi connectivity index (χ0n) is 12.5. The molecule has 2 aromatic rings. The molecule has 1 unspecified atom stereocenters. The Bertz CT molecular complexity index is 584. The monoisotopic (exact) mass is 272 g/mol. The van der Waals surface area contributed by atoms with E-state index in [2.05, 4.69) is 24.1 Å². The second kappa shape index (κ2) is 6.23. The minimum atomic E-state index is -0.735. The molecule has 0 spiro atoms. The highest BCUT2D eigenvalue weighted by Gasteiger charge is 2.23. The first-order valence-electron chi connectivity index (χ1n) is 7.35. The van der Waals surface area contributed by atoms with Gasteiger partial charge in [-0.2, -0.15) is 0 Å². The fourth-order valence-corrected chi connectivity index (χ4v) is 2.58. The van der Waals surface area contributed by atoms with E-state index in [1.165, 1.54) is 0 Å². The molecule has 1 aromatic carbocycles. The predicted octanol–water partition coefficient (Wildman–Crippen LogP) is 3.71. The molecule has 3 nitrogen and oxygen atoms in total. The van der Waals surface area contributed by atoms with Crippen LogP contribution in [-0.2, 0) is 13.0 Å². The van der Waals surface area contributed by atoms with Gasteiger partial charge in [-0.1, -0.05) is 25.1 Å². The molecule has 0 aliphatic carbocycles. The van der Waals surface area contributed by atoms with E-state index >= 15 is 0 Å². The summed E-state index contributed by atoms with van der Waals surface area (Å²) in [6.45, 7) is 8.70. The zero-order chi connectivity index (χ0) is 14.6. The summed E-state index contributed by atoms with van der Waals surface area (Å²) in [4.78, 5) is 4.70. The first-order chi connectivity index (χ1) is 9.57. The number of para-hydroxylation sites is 2. The van der Waals surface area contributed by atoms with E-state index in [9.17, 15) is 5.11 Å². The van der Waals surface area contributed by atoms with E-state index in [0.29, 0.717) is 12.8 Å². The molecule has 0 fully saturated rings. The van der Waals surface area contributed by atoms with Crippen molar-refractivity contribution in [1.82, 2.24) is 9.55 Å². The Morgan fingerprint density at radius 2 is 2.15 bits per heavy atom. The van der Waals surface area contributed by atoms with Crippen LogP contribution in [0.2, 0.25) is 0 Å². The van der Waals surface area contributed by atoms with E-state index in [1.807, 2.05) is 31.2 Å². The highest BCUT2D eigenvalue weighted by Crippen LogP contribution is 2.23. The molecule has 20 heavy (non-hydrogen) atoms. The van der Waals surface area contributed by atoms with E-state index in [-0.39, 0.29) is 0 Å². The Morgan fingerprint density at radius 1 is 1.40 bits per heavy atom. The largest absolute Gasteiger partial charge is 0.390 e. The molecule has 1 heterocycles. The molecule has 2 rings (SSSR count). The molecule has 0 amide bonds. The third-order valence-electron chi connectivity index (χ3n) is 3.61. The fraction of sp³-hybridized carbons (Fsp3) is 0.471. The van der Waals surface area contributed by atoms with Crippen LogP contribution in [0.15, 0.2) is 36.9 Å². The number of aromatic nitrogens is 2. The number of aliphatic hydroxyl groups is 1. The van der Waals surface area contributed by atoms with Gasteiger partial charge < -0.3 is 9.67 Å². The fourth-order valence-electron chi connectivity index (χ4n) is 2.58. The van der Waals surface area contributed by atoms with Crippen molar-refractivity contribution in [3.05, 3.63) is 42.7 Å². The number of allylic oxidation sites excluding steroid dienone is 1. The van der Waals surface area contributed by atoms with Crippen molar-refractivity contribution in [2.45, 2.75) is 51.7 Å². The quantitative estimate of drug-likeness (QED) is 0.780. The molecule has 0 saturated carbocycles. The molecule has 0 bridgehead atoms. The summed E-state index contributed by atoms with van der Waals surface area (Å²) >= 11 is 0. The summed E-state index contributed by atoms with van der Waals surface area (Å²) < 4.78 is 2.23. The van der Waals surface area contributed by atoms with Crippen molar-refractivity contribution in [2.75, 3.05) is 0 Å². The van der Waals surface area contributed by atoms with Crippen LogP contribution in [0.4, 0.5) is 0 Å². The number of hydrogen-bond donors (Lipinski definition) is 1. The lowest BCUT2D eigenvalue weighted by Crippen LogP contribution is -2.28. The standard InChI is InChI=1S/C17H24N2O/c1-4-6-11-17(3,20)13-16-18-14-9-7-8-10-15(14)19(16)12-5-2/h4,7-10,20H,1,5-6,11-13H2,2-3H3. The first-order valence-corrected chi connectivity index (χ1v) is 7.35. The van der Waals surface area contributed by atoms with Gasteiger partial charge in [0.25, 0.3) is 0 Å². The Labute approximate surface area is 121 Å². The van der Waals surface area contributed by atoms with Crippen LogP contribution < -0.4 is 0 Å². The number of imidazole rings is 1. The van der Waals surface area contributed by atoms with E-state index in [4.69, 9.17) is 4.98 Å². The molecule has 0 aliphatic rings. The van der Waals surface area contributed by atoms with Crippen LogP contribution in [-0.4, -0.2) is 20.3 Å². The third-order valence-corrected chi connectivity index (χ3v) is 3.61. The van der Waals surface area contributed by atoms with Crippen LogP contribution in [0.3, 0.4) is 0 Å². The Balaban J connectivity index is 2.33. The van der Waals surface area contributed by atoms with Crippen molar-refractivity contribution in [1.29, 1.82) is 0 Å². The first kappa shape index (κ1) is 14.8. The van der Waals surface area contributed by atoms with Gasteiger partial charge in [0.15, 0.2) is 0 Å². The lowest BCUT2D eigenvalue weighted by molar-refractivity contribution is 0.0495. The Kier molecular flexibility index (Phi) is 4.61. The second-order valence-electron chi connectivity index (χ2n) is 5.67. The lowest BCUT2D eigenvalue weighted by Gasteiger charge is -2.22. The molecule has 0 saturated heterocycles. The van der Waals surface area contributed by atoms with Gasteiger partial charge in [0.2, 0.25) is 0 Å². The topological polar surface area (TPSA) is 38.1 Å². The van der Waals surface area contributed by atoms with Gasteiger partial charge in [0.1, 0.15) is 5.82 Å². The lowest BCUT2D eigenvalue weighted by atomic mass is 9.96. The Morgan fingerprint density at radius 3 is 2.85 bits per heavy atom. The van der Waals surface area contributed by atoms with Crippen LogP contribution in [0.1, 0.15) is 38.9 Å². The smallest absolute Gasteiger partial charge is 0.112 e. The molecule has 108 valence electrons. The van der Waals surface area contributed by atoms with Crippen molar-refractivity contribution in [3.63, 3.8) is 0 Å². The van der Waals surface area contributed by atoms with Crippen molar-refractivity contribution >= 4 is 11.0 Å².